The van der Waals surface area contributed by atoms with Crippen molar-refractivity contribution in [3.8, 4) is 12.3 Å². The van der Waals surface area contributed by atoms with Crippen molar-refractivity contribution < 1.29 is 0 Å². The first-order valence-corrected chi connectivity index (χ1v) is 7.78. The molecular formula is C19H22N2. The standard InChI is InChI=1S/C19H22N2/c1-3-19(2,17-8-4-5-9-17)21-14-15-10-11-18-16(13-15)7-6-12-20-18/h1,6-7,10-13,17,21H,4-5,8-9,14H2,2H3/t19-/m1/s1. The average molecular weight is 278 g/mol. The van der Waals surface area contributed by atoms with E-state index in [4.69, 9.17) is 6.42 Å². The molecule has 1 N–H and O–H groups in total. The summed E-state index contributed by atoms with van der Waals surface area (Å²) in [6.07, 6.45) is 12.8. The fourth-order valence-electron chi connectivity index (χ4n) is 3.34. The van der Waals surface area contributed by atoms with Gasteiger partial charge in [0.05, 0.1) is 11.1 Å². The predicted octanol–water partition coefficient (Wildman–Crippen LogP) is 3.91. The fourth-order valence-corrected chi connectivity index (χ4v) is 3.34. The van der Waals surface area contributed by atoms with Crippen LogP contribution in [0.15, 0.2) is 36.5 Å². The second kappa shape index (κ2) is 5.87. The molecule has 2 heteroatoms. The van der Waals surface area contributed by atoms with Crippen LogP contribution in [-0.4, -0.2) is 10.5 Å². The summed E-state index contributed by atoms with van der Waals surface area (Å²) in [5.41, 5.74) is 2.10. The van der Waals surface area contributed by atoms with Crippen LogP contribution in [0.25, 0.3) is 10.9 Å². The Balaban J connectivity index is 1.74. The molecule has 1 atom stereocenters. The molecule has 2 aromatic rings. The summed E-state index contributed by atoms with van der Waals surface area (Å²) < 4.78 is 0. The summed E-state index contributed by atoms with van der Waals surface area (Å²) in [6, 6.07) is 10.5. The lowest BCUT2D eigenvalue weighted by Gasteiger charge is -2.32. The van der Waals surface area contributed by atoms with Gasteiger partial charge in [0.2, 0.25) is 0 Å². The Hall–Kier alpha value is -1.85. The van der Waals surface area contributed by atoms with Gasteiger partial charge < -0.3 is 0 Å². The third-order valence-electron chi connectivity index (χ3n) is 4.80. The molecule has 0 bridgehead atoms. The summed E-state index contributed by atoms with van der Waals surface area (Å²) in [7, 11) is 0. The minimum absolute atomic E-state index is 0.194. The first-order chi connectivity index (χ1) is 10.2. The Morgan fingerprint density at radius 1 is 1.33 bits per heavy atom. The number of nitrogens with one attached hydrogen (secondary N) is 1. The van der Waals surface area contributed by atoms with Crippen molar-refractivity contribution in [1.82, 2.24) is 10.3 Å². The van der Waals surface area contributed by atoms with Crippen LogP contribution in [-0.2, 0) is 6.54 Å². The molecule has 1 aliphatic carbocycles. The maximum atomic E-state index is 5.82. The van der Waals surface area contributed by atoms with Gasteiger partial charge >= 0.3 is 0 Å². The number of hydrogen-bond acceptors (Lipinski definition) is 2. The largest absolute Gasteiger partial charge is 0.297 e. The minimum Gasteiger partial charge on any atom is -0.297 e. The lowest BCUT2D eigenvalue weighted by molar-refractivity contribution is 0.303. The highest BCUT2D eigenvalue weighted by molar-refractivity contribution is 5.78. The van der Waals surface area contributed by atoms with Gasteiger partial charge in [-0.15, -0.1) is 6.42 Å². The fraction of sp³-hybridized carbons (Fsp3) is 0.421. The van der Waals surface area contributed by atoms with E-state index in [1.54, 1.807) is 0 Å². The average Bonchev–Trinajstić information content (AvgIpc) is 3.07. The van der Waals surface area contributed by atoms with E-state index in [9.17, 15) is 0 Å². The van der Waals surface area contributed by atoms with Crippen LogP contribution >= 0.6 is 0 Å². The first kappa shape index (κ1) is 14.1. The molecule has 1 aromatic carbocycles. The van der Waals surface area contributed by atoms with Gasteiger partial charge in [0.1, 0.15) is 0 Å². The highest BCUT2D eigenvalue weighted by Crippen LogP contribution is 2.33. The van der Waals surface area contributed by atoms with E-state index in [1.165, 1.54) is 36.6 Å². The van der Waals surface area contributed by atoms with Gasteiger partial charge in [-0.1, -0.05) is 30.9 Å². The van der Waals surface area contributed by atoms with E-state index in [0.29, 0.717) is 5.92 Å². The number of hydrogen-bond donors (Lipinski definition) is 1. The van der Waals surface area contributed by atoms with Crippen LogP contribution in [0.3, 0.4) is 0 Å². The molecule has 0 saturated heterocycles. The number of nitrogens with zero attached hydrogens (tertiary/aromatic N) is 1. The Bertz CT molecular complexity index is 665. The number of rotatable bonds is 4. The normalized spacial score (nSPS) is 18.5. The van der Waals surface area contributed by atoms with Gasteiger partial charge in [-0.3, -0.25) is 10.3 Å². The van der Waals surface area contributed by atoms with Gasteiger partial charge in [-0.2, -0.15) is 0 Å². The van der Waals surface area contributed by atoms with Crippen molar-refractivity contribution >= 4 is 10.9 Å². The third kappa shape index (κ3) is 2.94. The molecule has 21 heavy (non-hydrogen) atoms. The van der Waals surface area contributed by atoms with Crippen LogP contribution in [0.2, 0.25) is 0 Å². The van der Waals surface area contributed by atoms with Crippen LogP contribution in [0.5, 0.6) is 0 Å². The molecule has 2 nitrogen and oxygen atoms in total. The highest BCUT2D eigenvalue weighted by Gasteiger charge is 2.33. The zero-order valence-corrected chi connectivity index (χ0v) is 12.6. The molecular weight excluding hydrogens is 256 g/mol. The van der Waals surface area contributed by atoms with Crippen molar-refractivity contribution in [3.63, 3.8) is 0 Å². The van der Waals surface area contributed by atoms with Crippen molar-refractivity contribution in [3.05, 3.63) is 42.1 Å². The second-order valence-corrected chi connectivity index (χ2v) is 6.21. The molecule has 1 fully saturated rings. The van der Waals surface area contributed by atoms with E-state index in [1.807, 2.05) is 12.3 Å². The summed E-state index contributed by atoms with van der Waals surface area (Å²) in [5.74, 6) is 3.61. The SMILES string of the molecule is C#C[C@@](C)(NCc1ccc2ncccc2c1)C1CCCC1. The Morgan fingerprint density at radius 3 is 2.90 bits per heavy atom. The van der Waals surface area contributed by atoms with Crippen LogP contribution in [0.1, 0.15) is 38.2 Å². The Kier molecular flexibility index (Phi) is 3.94. The van der Waals surface area contributed by atoms with Crippen LogP contribution in [0.4, 0.5) is 0 Å². The summed E-state index contributed by atoms with van der Waals surface area (Å²) >= 11 is 0. The zero-order chi connectivity index (χ0) is 14.7. The summed E-state index contributed by atoms with van der Waals surface area (Å²) in [6.45, 7) is 2.98. The third-order valence-corrected chi connectivity index (χ3v) is 4.80. The number of aromatic nitrogens is 1. The molecule has 0 unspecified atom stereocenters. The first-order valence-electron chi connectivity index (χ1n) is 7.78. The maximum Gasteiger partial charge on any atom is 0.0800 e. The lowest BCUT2D eigenvalue weighted by Crippen LogP contribution is -2.46. The monoisotopic (exact) mass is 278 g/mol. The molecule has 3 rings (SSSR count). The van der Waals surface area contributed by atoms with Crippen LogP contribution in [0, 0.1) is 18.3 Å². The zero-order valence-electron chi connectivity index (χ0n) is 12.6. The number of benzene rings is 1. The van der Waals surface area contributed by atoms with Gasteiger partial charge in [0, 0.05) is 18.1 Å². The topological polar surface area (TPSA) is 24.9 Å². The molecule has 1 aromatic heterocycles. The Morgan fingerprint density at radius 2 is 2.14 bits per heavy atom. The van der Waals surface area contributed by atoms with Gasteiger partial charge in [-0.25, -0.2) is 0 Å². The minimum atomic E-state index is -0.194. The number of fused-ring (bicyclic) bond motifs is 1. The van der Waals surface area contributed by atoms with Crippen molar-refractivity contribution in [1.29, 1.82) is 0 Å². The molecule has 0 spiro atoms. The molecule has 108 valence electrons. The number of pyridine rings is 1. The van der Waals surface area contributed by atoms with Crippen molar-refractivity contribution in [2.24, 2.45) is 5.92 Å². The molecule has 0 amide bonds. The quantitative estimate of drug-likeness (QED) is 0.858. The van der Waals surface area contributed by atoms with Gasteiger partial charge in [-0.05, 0) is 49.4 Å². The smallest absolute Gasteiger partial charge is 0.0800 e. The second-order valence-electron chi connectivity index (χ2n) is 6.21. The van der Waals surface area contributed by atoms with Crippen molar-refractivity contribution in [2.75, 3.05) is 0 Å². The van der Waals surface area contributed by atoms with E-state index >= 15 is 0 Å². The van der Waals surface area contributed by atoms with E-state index in [0.717, 1.165) is 12.1 Å². The summed E-state index contributed by atoms with van der Waals surface area (Å²) in [4.78, 5) is 4.36. The van der Waals surface area contributed by atoms with Gasteiger partial charge in [0.25, 0.3) is 0 Å². The predicted molar refractivity (Wildman–Crippen MR) is 87.8 cm³/mol. The molecule has 0 aliphatic heterocycles. The Labute approximate surface area is 127 Å². The van der Waals surface area contributed by atoms with E-state index in [2.05, 4.69) is 47.4 Å². The molecule has 1 aliphatic rings. The highest BCUT2D eigenvalue weighted by atomic mass is 15.0. The molecule has 1 heterocycles. The maximum absolute atomic E-state index is 5.82. The van der Waals surface area contributed by atoms with Crippen LogP contribution < -0.4 is 5.32 Å². The van der Waals surface area contributed by atoms with Crippen molar-refractivity contribution in [2.45, 2.75) is 44.7 Å². The molecule has 1 saturated carbocycles. The van der Waals surface area contributed by atoms with E-state index in [-0.39, 0.29) is 5.54 Å². The van der Waals surface area contributed by atoms with E-state index < -0.39 is 0 Å². The van der Waals surface area contributed by atoms with Gasteiger partial charge in [0.15, 0.2) is 0 Å². The summed E-state index contributed by atoms with van der Waals surface area (Å²) in [5, 5.41) is 4.79. The number of terminal acetylenes is 1. The lowest BCUT2D eigenvalue weighted by atomic mass is 9.85. The molecule has 0 radical (unpaired) electrons.